The molecule has 0 aliphatic heterocycles. The molecule has 2 N–H and O–H groups in total. The van der Waals surface area contributed by atoms with Crippen molar-refractivity contribution in [1.29, 1.82) is 0 Å². The van der Waals surface area contributed by atoms with Crippen molar-refractivity contribution >= 4 is 81.2 Å². The third-order valence-corrected chi connectivity index (χ3v) is 7.67. The zero-order valence-corrected chi connectivity index (χ0v) is 21.2. The molecule has 176 valence electrons. The Morgan fingerprint density at radius 2 is 1.53 bits per heavy atom. The molecule has 0 heterocycles. The minimum absolute atomic E-state index is 0.124. The van der Waals surface area contributed by atoms with E-state index in [1.807, 2.05) is 0 Å². The first-order valence-electron chi connectivity index (χ1n) is 9.99. The molecule has 0 radical (unpaired) electrons. The minimum Gasteiger partial charge on any atom is -0.326 e. The van der Waals surface area contributed by atoms with E-state index in [-0.39, 0.29) is 10.6 Å². The number of benzene rings is 3. The molecule has 0 spiro atoms. The van der Waals surface area contributed by atoms with Gasteiger partial charge in [-0.3, -0.25) is 9.59 Å². The summed E-state index contributed by atoms with van der Waals surface area (Å²) in [6, 6.07) is 13.2. The molecule has 0 saturated heterocycles. The molecule has 3 aromatic carbocycles. The van der Waals surface area contributed by atoms with E-state index in [4.69, 9.17) is 58.0 Å². The van der Waals surface area contributed by atoms with Gasteiger partial charge < -0.3 is 10.6 Å². The van der Waals surface area contributed by atoms with Crippen LogP contribution in [0.5, 0.6) is 0 Å². The summed E-state index contributed by atoms with van der Waals surface area (Å²) in [5.74, 6) is -2.61. The molecule has 2 atom stereocenters. The summed E-state index contributed by atoms with van der Waals surface area (Å²) in [7, 11) is 0. The lowest BCUT2D eigenvalue weighted by Crippen LogP contribution is -2.18. The van der Waals surface area contributed by atoms with E-state index in [1.54, 1.807) is 25.1 Å². The first-order chi connectivity index (χ1) is 16.0. The van der Waals surface area contributed by atoms with Gasteiger partial charge in [0.25, 0.3) is 5.91 Å². The molecule has 3 aromatic rings. The maximum Gasteiger partial charge on any atom is 0.257 e. The average molecular weight is 561 g/mol. The third kappa shape index (κ3) is 5.00. The predicted molar refractivity (Wildman–Crippen MR) is 136 cm³/mol. The Hall–Kier alpha value is -2.02. The second kappa shape index (κ2) is 9.56. The minimum atomic E-state index is -1.33. The number of anilines is 2. The lowest BCUT2D eigenvalue weighted by Gasteiger charge is -2.10. The van der Waals surface area contributed by atoms with Crippen LogP contribution in [0.2, 0.25) is 15.1 Å². The zero-order chi connectivity index (χ0) is 24.8. The maximum atomic E-state index is 13.1. The van der Waals surface area contributed by atoms with Crippen LogP contribution in [0.15, 0.2) is 54.6 Å². The Kier molecular flexibility index (Phi) is 7.05. The quantitative estimate of drug-likeness (QED) is 0.312. The van der Waals surface area contributed by atoms with Gasteiger partial charge in [-0.1, -0.05) is 40.9 Å². The summed E-state index contributed by atoms with van der Waals surface area (Å²) in [6.07, 6.45) is 0. The van der Waals surface area contributed by atoms with Crippen LogP contribution in [0.3, 0.4) is 0 Å². The van der Waals surface area contributed by atoms with Gasteiger partial charge in [-0.05, 0) is 66.6 Å². The van der Waals surface area contributed by atoms with Gasteiger partial charge in [0.2, 0.25) is 5.91 Å². The SMILES string of the molecule is Cc1cc(C2C(C(=O)Nc3ccc(Cl)c(C(=O)Nc4ccc(F)cc4)c3)C2(Cl)Cl)cc(Cl)c1Cl. The van der Waals surface area contributed by atoms with Gasteiger partial charge >= 0.3 is 0 Å². The van der Waals surface area contributed by atoms with Gasteiger partial charge in [0, 0.05) is 17.3 Å². The number of rotatable bonds is 5. The van der Waals surface area contributed by atoms with Crippen molar-refractivity contribution in [1.82, 2.24) is 0 Å². The number of nitrogens with one attached hydrogen (secondary N) is 2. The fourth-order valence-corrected chi connectivity index (χ4v) is 5.14. The highest BCUT2D eigenvalue weighted by Gasteiger charge is 2.67. The van der Waals surface area contributed by atoms with Gasteiger partial charge in [-0.25, -0.2) is 4.39 Å². The fourth-order valence-electron chi connectivity index (χ4n) is 3.73. The first kappa shape index (κ1) is 25.1. The summed E-state index contributed by atoms with van der Waals surface area (Å²) in [6.45, 7) is 1.80. The van der Waals surface area contributed by atoms with Crippen LogP contribution in [0.1, 0.15) is 27.4 Å². The van der Waals surface area contributed by atoms with Gasteiger partial charge in [0.1, 0.15) is 10.2 Å². The van der Waals surface area contributed by atoms with Crippen LogP contribution in [0.25, 0.3) is 0 Å². The number of aryl methyl sites for hydroxylation is 1. The number of amides is 2. The molecule has 1 fully saturated rings. The van der Waals surface area contributed by atoms with E-state index >= 15 is 0 Å². The second-order valence-corrected chi connectivity index (χ2v) is 10.5. The largest absolute Gasteiger partial charge is 0.326 e. The van der Waals surface area contributed by atoms with Crippen molar-refractivity contribution in [3.05, 3.63) is 92.2 Å². The molecule has 4 nitrogen and oxygen atoms in total. The maximum absolute atomic E-state index is 13.1. The van der Waals surface area contributed by atoms with Crippen LogP contribution < -0.4 is 10.6 Å². The van der Waals surface area contributed by atoms with Gasteiger partial charge in [0.15, 0.2) is 0 Å². The summed E-state index contributed by atoms with van der Waals surface area (Å²) in [5, 5.41) is 6.32. The van der Waals surface area contributed by atoms with Crippen LogP contribution >= 0.6 is 58.0 Å². The number of carbonyl (C=O) groups excluding carboxylic acids is 2. The lowest BCUT2D eigenvalue weighted by molar-refractivity contribution is -0.117. The Morgan fingerprint density at radius 3 is 2.18 bits per heavy atom. The number of hydrogen-bond donors (Lipinski definition) is 2. The average Bonchev–Trinajstić information content (AvgIpc) is 3.36. The van der Waals surface area contributed by atoms with Crippen molar-refractivity contribution in [2.45, 2.75) is 17.2 Å². The standard InChI is InChI=1S/C24H16Cl5FN2O2/c1-11-8-12(9-18(26)21(11)27)19-20(24(19,28)29)23(34)32-15-6-7-17(25)16(10-15)22(33)31-14-4-2-13(30)3-5-14/h2-10,19-20H,1H3,(H,31,33)(H,32,34). The third-order valence-electron chi connectivity index (χ3n) is 5.51. The number of hydrogen-bond acceptors (Lipinski definition) is 2. The van der Waals surface area contributed by atoms with Crippen molar-refractivity contribution < 1.29 is 14.0 Å². The zero-order valence-electron chi connectivity index (χ0n) is 17.4. The number of halogens is 6. The topological polar surface area (TPSA) is 58.2 Å². The van der Waals surface area contributed by atoms with E-state index < -0.39 is 33.8 Å². The van der Waals surface area contributed by atoms with E-state index in [0.29, 0.717) is 27.0 Å². The van der Waals surface area contributed by atoms with Crippen LogP contribution in [0, 0.1) is 18.7 Å². The Labute approximate surface area is 220 Å². The number of alkyl halides is 2. The van der Waals surface area contributed by atoms with E-state index in [2.05, 4.69) is 10.6 Å². The highest BCUT2D eigenvalue weighted by Crippen LogP contribution is 2.65. The van der Waals surface area contributed by atoms with Crippen LogP contribution in [0.4, 0.5) is 15.8 Å². The van der Waals surface area contributed by atoms with E-state index in [0.717, 1.165) is 5.56 Å². The van der Waals surface area contributed by atoms with Crippen molar-refractivity contribution in [3.8, 4) is 0 Å². The Balaban J connectivity index is 1.51. The molecule has 1 aliphatic rings. The molecule has 0 aromatic heterocycles. The van der Waals surface area contributed by atoms with Gasteiger partial charge in [-0.2, -0.15) is 0 Å². The molecular formula is C24H16Cl5FN2O2. The molecule has 34 heavy (non-hydrogen) atoms. The summed E-state index contributed by atoms with van der Waals surface area (Å²) in [4.78, 5) is 25.7. The fraction of sp³-hybridized carbons (Fsp3) is 0.167. The number of carbonyl (C=O) groups is 2. The second-order valence-electron chi connectivity index (χ2n) is 7.91. The molecule has 0 bridgehead atoms. The van der Waals surface area contributed by atoms with E-state index in [9.17, 15) is 14.0 Å². The predicted octanol–water partition coefficient (Wildman–Crippen LogP) is 7.87. The van der Waals surface area contributed by atoms with Gasteiger partial charge in [0.05, 0.1) is 26.5 Å². The first-order valence-corrected chi connectivity index (χ1v) is 11.9. The molecule has 1 aliphatic carbocycles. The molecule has 2 amide bonds. The van der Waals surface area contributed by atoms with Crippen molar-refractivity contribution in [3.63, 3.8) is 0 Å². The summed E-state index contributed by atoms with van der Waals surface area (Å²) in [5.41, 5.74) is 2.29. The Bertz CT molecular complexity index is 1270. The Morgan fingerprint density at radius 1 is 0.882 bits per heavy atom. The smallest absolute Gasteiger partial charge is 0.257 e. The van der Waals surface area contributed by atoms with Crippen LogP contribution in [-0.2, 0) is 4.79 Å². The molecular weight excluding hydrogens is 545 g/mol. The monoisotopic (exact) mass is 558 g/mol. The lowest BCUT2D eigenvalue weighted by atomic mass is 10.1. The molecule has 2 unspecified atom stereocenters. The van der Waals surface area contributed by atoms with Crippen molar-refractivity contribution in [2.24, 2.45) is 5.92 Å². The molecule has 10 heteroatoms. The normalized spacial score (nSPS) is 18.3. The van der Waals surface area contributed by atoms with E-state index in [1.165, 1.54) is 36.4 Å². The summed E-state index contributed by atoms with van der Waals surface area (Å²) >= 11 is 31.4. The van der Waals surface area contributed by atoms with Gasteiger partial charge in [-0.15, -0.1) is 23.2 Å². The summed E-state index contributed by atoms with van der Waals surface area (Å²) < 4.78 is 11.8. The molecule has 4 rings (SSSR count). The van der Waals surface area contributed by atoms with Crippen LogP contribution in [-0.4, -0.2) is 16.1 Å². The molecule has 1 saturated carbocycles. The van der Waals surface area contributed by atoms with Crippen molar-refractivity contribution in [2.75, 3.05) is 10.6 Å². The highest BCUT2D eigenvalue weighted by molar-refractivity contribution is 6.53. The highest BCUT2D eigenvalue weighted by atomic mass is 35.5.